The number of hydrogen-bond acceptors (Lipinski definition) is 0. The van der Waals surface area contributed by atoms with Gasteiger partial charge in [0.15, 0.2) is 0 Å². The fourth-order valence-electron chi connectivity index (χ4n) is 4.13. The first-order valence-corrected chi connectivity index (χ1v) is 16.2. The maximum atomic E-state index is 2.42. The number of hydrogen-bond donors (Lipinski definition) is 0. The summed E-state index contributed by atoms with van der Waals surface area (Å²) >= 11 is -0.654. The summed E-state index contributed by atoms with van der Waals surface area (Å²) in [5.41, 5.74) is 3.42. The predicted octanol–water partition coefficient (Wildman–Crippen LogP) is -0.354. The van der Waals surface area contributed by atoms with E-state index in [0.29, 0.717) is 0 Å². The Balaban J connectivity index is 0.000000632. The summed E-state index contributed by atoms with van der Waals surface area (Å²) in [5, 5.41) is 0. The fraction of sp³-hybridized carbons (Fsp3) is 0.429. The molecule has 33 heavy (non-hydrogen) atoms. The molecular formula is C28H36Cl3ScZr. The quantitative estimate of drug-likeness (QED) is 0.316. The first kappa shape index (κ1) is 33.5. The van der Waals surface area contributed by atoms with Gasteiger partial charge >= 0.3 is 209 Å². The molecule has 0 nitrogen and oxygen atoms in total. The van der Waals surface area contributed by atoms with Crippen LogP contribution in [0.4, 0.5) is 0 Å². The Morgan fingerprint density at radius 3 is 1.48 bits per heavy atom. The molecule has 0 aromatic carbocycles. The Bertz CT molecular complexity index is 773. The zero-order chi connectivity index (χ0) is 21.0. The first-order valence-electron chi connectivity index (χ1n) is 11.9. The molecule has 0 fully saturated rings. The number of unbranched alkanes of at least 4 members (excludes halogenated alkanes) is 2. The molecular weight excluding hydrogens is 579 g/mol. The second kappa shape index (κ2) is 19.7. The third-order valence-corrected chi connectivity index (χ3v) is 12.5. The van der Waals surface area contributed by atoms with Gasteiger partial charge in [0, 0.05) is 0 Å². The van der Waals surface area contributed by atoms with Gasteiger partial charge in [-0.25, -0.2) is 0 Å². The molecule has 0 saturated carbocycles. The average Bonchev–Trinajstić information content (AvgIpc) is 3.56. The summed E-state index contributed by atoms with van der Waals surface area (Å²) in [6.45, 7) is 4.59. The van der Waals surface area contributed by atoms with Crippen molar-refractivity contribution in [3.63, 3.8) is 0 Å². The molecule has 0 aliphatic heterocycles. The second-order valence-electron chi connectivity index (χ2n) is 8.44. The molecule has 0 aromatic heterocycles. The Labute approximate surface area is 244 Å². The molecule has 0 atom stereocenters. The van der Waals surface area contributed by atoms with Crippen molar-refractivity contribution in [3.05, 3.63) is 85.1 Å². The van der Waals surface area contributed by atoms with E-state index < -0.39 is 23.2 Å². The molecule has 0 amide bonds. The van der Waals surface area contributed by atoms with E-state index in [1.165, 1.54) is 64.2 Å². The van der Waals surface area contributed by atoms with E-state index in [9.17, 15) is 0 Å². The van der Waals surface area contributed by atoms with Crippen LogP contribution in [-0.2, 0) is 46.1 Å². The summed E-state index contributed by atoms with van der Waals surface area (Å²) in [7, 11) is 0. The zero-order valence-electron chi connectivity index (χ0n) is 20.1. The standard InChI is InChI=1S/2C9H13.2C5H5.3ClH.Sc.Zr/c2*1-2-3-6-9-7-4-5-8-9;2*1-2-4-5-3-1;;;;;/h2*4,7H,2-3,5-6H2,1H3;2*1-3H,4H2;3*1H;;/q;;;;;;;+1;+2/p-3. The van der Waals surface area contributed by atoms with Crippen LogP contribution in [0.1, 0.15) is 78.1 Å². The van der Waals surface area contributed by atoms with Gasteiger partial charge in [-0.1, -0.05) is 0 Å². The third-order valence-electron chi connectivity index (χ3n) is 5.93. The van der Waals surface area contributed by atoms with Gasteiger partial charge in [-0.2, -0.15) is 0 Å². The molecule has 176 valence electrons. The Kier molecular flexibility index (Phi) is 20.0. The third kappa shape index (κ3) is 11.9. The van der Waals surface area contributed by atoms with Crippen LogP contribution in [0.25, 0.3) is 0 Å². The van der Waals surface area contributed by atoms with E-state index in [1.807, 2.05) is 6.56 Å². The second-order valence-corrected chi connectivity index (χ2v) is 14.8. The predicted molar refractivity (Wildman–Crippen MR) is 124 cm³/mol. The van der Waals surface area contributed by atoms with Crippen LogP contribution in [0.2, 0.25) is 0 Å². The van der Waals surface area contributed by atoms with Crippen LogP contribution >= 0.6 is 0 Å². The van der Waals surface area contributed by atoms with Crippen molar-refractivity contribution in [2.45, 2.75) is 78.1 Å². The Morgan fingerprint density at radius 1 is 0.667 bits per heavy atom. The summed E-state index contributed by atoms with van der Waals surface area (Å²) in [6.07, 6.45) is 36.2. The number of halogens is 3. The normalized spacial score (nSPS) is 16.9. The van der Waals surface area contributed by atoms with Gasteiger partial charge in [0.1, 0.15) is 0 Å². The van der Waals surface area contributed by atoms with E-state index in [2.05, 4.69) is 74.6 Å². The smallest absolute Gasteiger partial charge is 1.00 e. The molecule has 0 heterocycles. The van der Waals surface area contributed by atoms with Crippen molar-refractivity contribution in [1.82, 2.24) is 0 Å². The van der Waals surface area contributed by atoms with Crippen LogP contribution in [-0.4, -0.2) is 0 Å². The van der Waals surface area contributed by atoms with Crippen LogP contribution in [0, 0.1) is 0 Å². The Morgan fingerprint density at radius 2 is 1.12 bits per heavy atom. The molecule has 0 saturated heterocycles. The van der Waals surface area contributed by atoms with Crippen molar-refractivity contribution < 1.29 is 83.4 Å². The SMILES string of the molecule is C1=CC[C]([Sc+][C]2=CC=CC2)=C1.CCCCC1=[C]([Zr+2][C]2=C(CCCC)C=CC2)CC=C1.[Cl-].[Cl-].[Cl-]. The van der Waals surface area contributed by atoms with Crippen LogP contribution in [0.5, 0.6) is 0 Å². The first-order chi connectivity index (χ1) is 14.8. The molecule has 4 aliphatic carbocycles. The largest absolute Gasteiger partial charge is 1.00 e. The number of allylic oxidation sites excluding steroid dienone is 16. The van der Waals surface area contributed by atoms with Gasteiger partial charge in [0.05, 0.1) is 0 Å². The molecule has 0 N–H and O–H groups in total. The van der Waals surface area contributed by atoms with Gasteiger partial charge in [0.25, 0.3) is 0 Å². The molecule has 4 aliphatic rings. The summed E-state index contributed by atoms with van der Waals surface area (Å²) < 4.78 is 7.15. The van der Waals surface area contributed by atoms with Gasteiger partial charge in [0.2, 0.25) is 0 Å². The van der Waals surface area contributed by atoms with E-state index in [0.717, 1.165) is 0 Å². The van der Waals surface area contributed by atoms with Gasteiger partial charge in [-0.15, -0.1) is 0 Å². The maximum Gasteiger partial charge on any atom is -1.00 e. The molecule has 0 radical (unpaired) electrons. The average molecular weight is 615 g/mol. The van der Waals surface area contributed by atoms with Gasteiger partial charge in [-0.3, -0.25) is 0 Å². The molecule has 4 rings (SSSR count). The van der Waals surface area contributed by atoms with Crippen LogP contribution in [0.3, 0.4) is 0 Å². The van der Waals surface area contributed by atoms with Crippen molar-refractivity contribution in [1.29, 1.82) is 0 Å². The van der Waals surface area contributed by atoms with Crippen molar-refractivity contribution in [2.24, 2.45) is 0 Å². The van der Waals surface area contributed by atoms with E-state index in [-0.39, 0.29) is 60.1 Å². The minimum absolute atomic E-state index is 0. The zero-order valence-corrected chi connectivity index (χ0v) is 26.6. The summed E-state index contributed by atoms with van der Waals surface area (Å²) in [6, 6.07) is 0. The minimum atomic E-state index is -0.463. The molecule has 5 heteroatoms. The van der Waals surface area contributed by atoms with Crippen molar-refractivity contribution in [3.8, 4) is 0 Å². The monoisotopic (exact) mass is 612 g/mol. The summed E-state index contributed by atoms with van der Waals surface area (Å²) in [5.74, 6) is 0. The molecule has 0 spiro atoms. The summed E-state index contributed by atoms with van der Waals surface area (Å²) in [4.78, 5) is 0. The van der Waals surface area contributed by atoms with Crippen LogP contribution in [0.15, 0.2) is 85.1 Å². The fourth-order valence-corrected chi connectivity index (χ4v) is 10.1. The van der Waals surface area contributed by atoms with Gasteiger partial charge in [-0.05, 0) is 0 Å². The molecule has 0 bridgehead atoms. The van der Waals surface area contributed by atoms with Crippen molar-refractivity contribution >= 4 is 0 Å². The maximum absolute atomic E-state index is 2.42. The minimum Gasteiger partial charge on any atom is -1.00 e. The molecule has 0 unspecified atom stereocenters. The molecule has 0 aromatic rings. The van der Waals surface area contributed by atoms with E-state index in [1.54, 1.807) is 17.8 Å². The number of rotatable bonds is 10. The van der Waals surface area contributed by atoms with Crippen molar-refractivity contribution in [2.75, 3.05) is 0 Å². The van der Waals surface area contributed by atoms with E-state index >= 15 is 0 Å². The Hall–Kier alpha value is 0.543. The van der Waals surface area contributed by atoms with E-state index in [4.69, 9.17) is 0 Å². The van der Waals surface area contributed by atoms with Gasteiger partial charge < -0.3 is 37.2 Å². The van der Waals surface area contributed by atoms with Crippen LogP contribution < -0.4 is 37.2 Å². The topological polar surface area (TPSA) is 0 Å².